The Hall–Kier alpha value is -2.95. The number of nitrogens with one attached hydrogen (secondary N) is 2. The van der Waals surface area contributed by atoms with E-state index in [9.17, 15) is 9.90 Å². The fourth-order valence-electron chi connectivity index (χ4n) is 1.88. The topological polar surface area (TPSA) is 70.6 Å². The Morgan fingerprint density at radius 3 is 2.55 bits per heavy atom. The number of phenolic OH excluding ortho intramolecular Hbond substituents is 1. The van der Waals surface area contributed by atoms with Crippen molar-refractivity contribution in [2.75, 3.05) is 12.4 Å². The van der Waals surface area contributed by atoms with Gasteiger partial charge in [0.2, 0.25) is 0 Å². The van der Waals surface area contributed by atoms with E-state index in [1.165, 1.54) is 6.07 Å². The number of aryl methyl sites for hydroxylation is 1. The maximum Gasteiger partial charge on any atom is 0.323 e. The molecule has 0 fully saturated rings. The highest BCUT2D eigenvalue weighted by molar-refractivity contribution is 5.91. The van der Waals surface area contributed by atoms with Gasteiger partial charge in [-0.1, -0.05) is 12.1 Å². The lowest BCUT2D eigenvalue weighted by molar-refractivity contribution is 0.255. The second-order valence-electron chi connectivity index (χ2n) is 4.70. The summed E-state index contributed by atoms with van der Waals surface area (Å²) >= 11 is 0. The molecule has 5 heteroatoms. The molecular formula is C17H18N2O3. The Morgan fingerprint density at radius 2 is 1.91 bits per heavy atom. The summed E-state index contributed by atoms with van der Waals surface area (Å²) in [5.74, 6) is 0.952. The van der Waals surface area contributed by atoms with E-state index in [0.717, 1.165) is 16.9 Å². The number of carbonyl (C=O) groups is 1. The van der Waals surface area contributed by atoms with Crippen molar-refractivity contribution >= 4 is 17.8 Å². The van der Waals surface area contributed by atoms with Crippen LogP contribution in [0, 0.1) is 6.92 Å². The quantitative estimate of drug-likeness (QED) is 0.757. The van der Waals surface area contributed by atoms with Crippen LogP contribution in [-0.4, -0.2) is 18.2 Å². The van der Waals surface area contributed by atoms with Gasteiger partial charge in [0.05, 0.1) is 7.11 Å². The van der Waals surface area contributed by atoms with Gasteiger partial charge in [0, 0.05) is 11.9 Å². The molecule has 2 aromatic rings. The third kappa shape index (κ3) is 4.28. The maximum absolute atomic E-state index is 11.8. The lowest BCUT2D eigenvalue weighted by Crippen LogP contribution is -2.24. The third-order valence-corrected chi connectivity index (χ3v) is 3.06. The number of aromatic hydroxyl groups is 1. The molecule has 2 rings (SSSR count). The summed E-state index contributed by atoms with van der Waals surface area (Å²) in [5, 5.41) is 14.7. The summed E-state index contributed by atoms with van der Waals surface area (Å²) in [7, 11) is 1.61. The van der Waals surface area contributed by atoms with Crippen LogP contribution in [0.1, 0.15) is 11.1 Å². The molecule has 2 aromatic carbocycles. The molecule has 5 nitrogen and oxygen atoms in total. The van der Waals surface area contributed by atoms with Crippen molar-refractivity contribution in [2.45, 2.75) is 6.92 Å². The van der Waals surface area contributed by atoms with Gasteiger partial charge in [0.1, 0.15) is 11.5 Å². The summed E-state index contributed by atoms with van der Waals surface area (Å²) < 4.78 is 5.08. The lowest BCUT2D eigenvalue weighted by atomic mass is 10.2. The second kappa shape index (κ2) is 7.17. The normalized spacial score (nSPS) is 10.5. The number of hydrogen-bond acceptors (Lipinski definition) is 3. The Bertz CT molecular complexity index is 679. The van der Waals surface area contributed by atoms with Crippen LogP contribution in [0.2, 0.25) is 0 Å². The number of carbonyl (C=O) groups excluding carboxylic acids is 1. The molecule has 0 bridgehead atoms. The first kappa shape index (κ1) is 15.4. The molecule has 0 radical (unpaired) electrons. The highest BCUT2D eigenvalue weighted by Gasteiger charge is 2.03. The van der Waals surface area contributed by atoms with Crippen molar-refractivity contribution in [1.82, 2.24) is 5.32 Å². The first-order valence-electron chi connectivity index (χ1n) is 6.76. The van der Waals surface area contributed by atoms with Crippen LogP contribution in [0.25, 0.3) is 6.08 Å². The summed E-state index contributed by atoms with van der Waals surface area (Å²) in [6.45, 7) is 1.81. The number of amides is 2. The molecule has 0 saturated heterocycles. The van der Waals surface area contributed by atoms with Gasteiger partial charge in [-0.25, -0.2) is 4.79 Å². The Morgan fingerprint density at radius 1 is 1.18 bits per heavy atom. The number of urea groups is 1. The van der Waals surface area contributed by atoms with Crippen LogP contribution in [0.3, 0.4) is 0 Å². The molecule has 0 spiro atoms. The smallest absolute Gasteiger partial charge is 0.323 e. The fraction of sp³-hybridized carbons (Fsp3) is 0.118. The van der Waals surface area contributed by atoms with Crippen molar-refractivity contribution in [1.29, 1.82) is 0 Å². The summed E-state index contributed by atoms with van der Waals surface area (Å²) in [5.41, 5.74) is 2.38. The van der Waals surface area contributed by atoms with Crippen molar-refractivity contribution in [3.8, 4) is 11.5 Å². The molecule has 0 aliphatic heterocycles. The molecule has 3 N–H and O–H groups in total. The van der Waals surface area contributed by atoms with Crippen LogP contribution in [0.15, 0.2) is 48.7 Å². The van der Waals surface area contributed by atoms with Gasteiger partial charge >= 0.3 is 6.03 Å². The molecule has 0 aliphatic carbocycles. The number of phenols is 1. The van der Waals surface area contributed by atoms with Crippen LogP contribution in [0.5, 0.6) is 11.5 Å². The summed E-state index contributed by atoms with van der Waals surface area (Å²) in [4.78, 5) is 11.8. The minimum Gasteiger partial charge on any atom is -0.508 e. The number of hydrogen-bond donors (Lipinski definition) is 3. The minimum atomic E-state index is -0.349. The number of anilines is 1. The van der Waals surface area contributed by atoms with Gasteiger partial charge in [0.15, 0.2) is 0 Å². The van der Waals surface area contributed by atoms with E-state index in [0.29, 0.717) is 5.69 Å². The summed E-state index contributed by atoms with van der Waals surface area (Å²) in [6, 6.07) is 11.9. The minimum absolute atomic E-state index is 0.169. The molecule has 0 atom stereocenters. The maximum atomic E-state index is 11.8. The van der Waals surface area contributed by atoms with E-state index in [4.69, 9.17) is 4.74 Å². The SMILES string of the molecule is COc1ccc(/C=C/NC(=O)Nc2ccc(O)cc2C)cc1. The van der Waals surface area contributed by atoms with E-state index in [2.05, 4.69) is 10.6 Å². The highest BCUT2D eigenvalue weighted by atomic mass is 16.5. The molecule has 0 heterocycles. The predicted octanol–water partition coefficient (Wildman–Crippen LogP) is 3.50. The number of ether oxygens (including phenoxy) is 1. The van der Waals surface area contributed by atoms with E-state index in [1.807, 2.05) is 31.2 Å². The average molecular weight is 298 g/mol. The Kier molecular flexibility index (Phi) is 5.03. The Labute approximate surface area is 129 Å². The molecule has 2 amide bonds. The zero-order chi connectivity index (χ0) is 15.9. The Balaban J connectivity index is 1.90. The zero-order valence-electron chi connectivity index (χ0n) is 12.5. The highest BCUT2D eigenvalue weighted by Crippen LogP contribution is 2.19. The number of methoxy groups -OCH3 is 1. The molecule has 22 heavy (non-hydrogen) atoms. The van der Waals surface area contributed by atoms with Gasteiger partial charge in [-0.2, -0.15) is 0 Å². The van der Waals surface area contributed by atoms with Crippen molar-refractivity contribution in [3.63, 3.8) is 0 Å². The largest absolute Gasteiger partial charge is 0.508 e. The van der Waals surface area contributed by atoms with Gasteiger partial charge in [-0.15, -0.1) is 0 Å². The van der Waals surface area contributed by atoms with Crippen LogP contribution in [0.4, 0.5) is 10.5 Å². The van der Waals surface area contributed by atoms with Crippen LogP contribution >= 0.6 is 0 Å². The third-order valence-electron chi connectivity index (χ3n) is 3.06. The molecular weight excluding hydrogens is 280 g/mol. The van der Waals surface area contributed by atoms with Crippen molar-refractivity contribution in [3.05, 3.63) is 59.8 Å². The van der Waals surface area contributed by atoms with E-state index < -0.39 is 0 Å². The molecule has 0 saturated carbocycles. The summed E-state index contributed by atoms with van der Waals surface area (Å²) in [6.07, 6.45) is 3.34. The standard InChI is InChI=1S/C17H18N2O3/c1-12-11-14(20)5-8-16(12)19-17(21)18-10-9-13-3-6-15(22-2)7-4-13/h3-11,20H,1-2H3,(H2,18,19,21)/b10-9+. The molecule has 0 aromatic heterocycles. The van der Waals surface area contributed by atoms with E-state index >= 15 is 0 Å². The fourth-order valence-corrected chi connectivity index (χ4v) is 1.88. The van der Waals surface area contributed by atoms with Gasteiger partial charge < -0.3 is 20.5 Å². The van der Waals surface area contributed by atoms with Crippen LogP contribution < -0.4 is 15.4 Å². The predicted molar refractivity (Wildman–Crippen MR) is 87.0 cm³/mol. The van der Waals surface area contributed by atoms with Gasteiger partial charge in [-0.3, -0.25) is 0 Å². The van der Waals surface area contributed by atoms with Crippen molar-refractivity contribution in [2.24, 2.45) is 0 Å². The number of benzene rings is 2. The van der Waals surface area contributed by atoms with E-state index in [-0.39, 0.29) is 11.8 Å². The van der Waals surface area contributed by atoms with Crippen molar-refractivity contribution < 1.29 is 14.6 Å². The average Bonchev–Trinajstić information content (AvgIpc) is 2.51. The monoisotopic (exact) mass is 298 g/mol. The molecule has 0 aliphatic rings. The lowest BCUT2D eigenvalue weighted by Gasteiger charge is -2.08. The molecule has 0 unspecified atom stereocenters. The van der Waals surface area contributed by atoms with Gasteiger partial charge in [-0.05, 0) is 54.5 Å². The number of rotatable bonds is 4. The second-order valence-corrected chi connectivity index (χ2v) is 4.70. The van der Waals surface area contributed by atoms with E-state index in [1.54, 1.807) is 31.5 Å². The zero-order valence-corrected chi connectivity index (χ0v) is 12.5. The van der Waals surface area contributed by atoms with Gasteiger partial charge in [0.25, 0.3) is 0 Å². The molecule has 114 valence electrons. The van der Waals surface area contributed by atoms with Crippen LogP contribution in [-0.2, 0) is 0 Å². The first-order chi connectivity index (χ1) is 10.6. The first-order valence-corrected chi connectivity index (χ1v) is 6.76.